The van der Waals surface area contributed by atoms with Crippen molar-refractivity contribution in [1.29, 1.82) is 0 Å². The second-order valence-electron chi connectivity index (χ2n) is 7.15. The van der Waals surface area contributed by atoms with Gasteiger partial charge in [-0.1, -0.05) is 41.6 Å². The predicted molar refractivity (Wildman–Crippen MR) is 122 cm³/mol. The van der Waals surface area contributed by atoms with Crippen molar-refractivity contribution < 1.29 is 17.9 Å². The van der Waals surface area contributed by atoms with Gasteiger partial charge in [0.05, 0.1) is 30.6 Å². The molecule has 2 aliphatic rings. The highest BCUT2D eigenvalue weighted by Gasteiger charge is 2.49. The maximum atomic E-state index is 12.7. The van der Waals surface area contributed by atoms with E-state index in [0.717, 1.165) is 11.4 Å². The molecule has 0 bridgehead atoms. The van der Waals surface area contributed by atoms with E-state index in [2.05, 4.69) is 4.99 Å². The highest BCUT2D eigenvalue weighted by atomic mass is 35.5. The molecule has 2 heterocycles. The summed E-state index contributed by atoms with van der Waals surface area (Å²) < 4.78 is 29.9. The molecule has 6 nitrogen and oxygen atoms in total. The molecule has 0 aromatic heterocycles. The number of carbonyl (C=O) groups is 1. The first-order chi connectivity index (χ1) is 14.4. The van der Waals surface area contributed by atoms with E-state index in [-0.39, 0.29) is 35.1 Å². The minimum Gasteiger partial charge on any atom is -0.494 e. The summed E-state index contributed by atoms with van der Waals surface area (Å²) in [6.45, 7) is 2.47. The van der Waals surface area contributed by atoms with E-state index in [1.54, 1.807) is 12.1 Å². The molecule has 9 heteroatoms. The number of benzene rings is 2. The number of hydrogen-bond acceptors (Lipinski definition) is 5. The van der Waals surface area contributed by atoms with Gasteiger partial charge in [0.2, 0.25) is 0 Å². The first kappa shape index (κ1) is 21.2. The minimum atomic E-state index is -3.11. The molecule has 0 spiro atoms. The summed E-state index contributed by atoms with van der Waals surface area (Å²) in [5, 5.41) is 0.908. The Balaban J connectivity index is 1.63. The predicted octanol–water partition coefficient (Wildman–Crippen LogP) is 3.58. The van der Waals surface area contributed by atoms with Crippen molar-refractivity contribution in [3.63, 3.8) is 0 Å². The highest BCUT2D eigenvalue weighted by molar-refractivity contribution is 8.16. The zero-order valence-corrected chi connectivity index (χ0v) is 18.7. The third-order valence-electron chi connectivity index (χ3n) is 5.01. The first-order valence-electron chi connectivity index (χ1n) is 9.60. The largest absolute Gasteiger partial charge is 0.494 e. The molecule has 0 saturated carbocycles. The molecule has 2 saturated heterocycles. The number of rotatable bonds is 5. The number of thioether (sulfide) groups is 1. The highest BCUT2D eigenvalue weighted by Crippen LogP contribution is 2.41. The number of amides is 1. The normalized spacial score (nSPS) is 23.5. The Morgan fingerprint density at radius 1 is 1.20 bits per heavy atom. The number of ether oxygens (including phenoxy) is 1. The van der Waals surface area contributed by atoms with Crippen molar-refractivity contribution >= 4 is 50.0 Å². The smallest absolute Gasteiger partial charge is 0.252 e. The molecule has 2 unspecified atom stereocenters. The van der Waals surface area contributed by atoms with Crippen molar-refractivity contribution in [3.8, 4) is 5.75 Å². The van der Waals surface area contributed by atoms with Crippen LogP contribution in [0.5, 0.6) is 5.75 Å². The molecule has 30 heavy (non-hydrogen) atoms. The monoisotopic (exact) mass is 464 g/mol. The lowest BCUT2D eigenvalue weighted by Gasteiger charge is -2.24. The van der Waals surface area contributed by atoms with Crippen molar-refractivity contribution in [2.24, 2.45) is 4.99 Å². The van der Waals surface area contributed by atoms with Crippen LogP contribution in [0.4, 0.5) is 5.69 Å². The Kier molecular flexibility index (Phi) is 6.09. The quantitative estimate of drug-likeness (QED) is 0.673. The van der Waals surface area contributed by atoms with Gasteiger partial charge in [0.1, 0.15) is 5.75 Å². The molecule has 2 fully saturated rings. The van der Waals surface area contributed by atoms with E-state index in [1.165, 1.54) is 11.8 Å². The van der Waals surface area contributed by atoms with Crippen molar-refractivity contribution in [3.05, 3.63) is 59.1 Å². The molecule has 158 valence electrons. The van der Waals surface area contributed by atoms with Crippen LogP contribution in [0.2, 0.25) is 5.02 Å². The Bertz CT molecular complexity index is 1090. The van der Waals surface area contributed by atoms with Crippen molar-refractivity contribution in [2.45, 2.75) is 24.6 Å². The van der Waals surface area contributed by atoms with Gasteiger partial charge < -0.3 is 9.64 Å². The van der Waals surface area contributed by atoms with E-state index in [9.17, 15) is 13.2 Å². The number of carbonyl (C=O) groups excluding carboxylic acids is 1. The van der Waals surface area contributed by atoms with E-state index in [0.29, 0.717) is 22.4 Å². The Hall–Kier alpha value is -2.03. The van der Waals surface area contributed by atoms with Crippen LogP contribution in [-0.2, 0) is 21.1 Å². The van der Waals surface area contributed by atoms with Gasteiger partial charge in [-0.15, -0.1) is 0 Å². The first-order valence-corrected chi connectivity index (χ1v) is 12.7. The number of hydrogen-bond donors (Lipinski definition) is 0. The molecule has 2 aliphatic heterocycles. The van der Waals surface area contributed by atoms with E-state index in [4.69, 9.17) is 16.3 Å². The number of aliphatic imine (C=N–C) groups is 1. The lowest BCUT2D eigenvalue weighted by Crippen LogP contribution is -2.37. The van der Waals surface area contributed by atoms with Crippen molar-refractivity contribution in [2.75, 3.05) is 23.0 Å². The molecule has 2 aromatic rings. The van der Waals surface area contributed by atoms with Crippen molar-refractivity contribution in [1.82, 2.24) is 0 Å². The summed E-state index contributed by atoms with van der Waals surface area (Å²) >= 11 is 7.52. The van der Waals surface area contributed by atoms with E-state index >= 15 is 0 Å². The Morgan fingerprint density at radius 3 is 2.63 bits per heavy atom. The fourth-order valence-electron chi connectivity index (χ4n) is 3.69. The number of halogens is 1. The third-order valence-corrected chi connectivity index (χ3v) is 8.59. The summed E-state index contributed by atoms with van der Waals surface area (Å²) in [6, 6.07) is 14.3. The SMILES string of the molecule is CCOc1ccc(N2C(=NC(=O)Cc3ccccc3Cl)SC3CS(=O)(=O)CC32)cc1. The fourth-order valence-corrected chi connectivity index (χ4v) is 7.82. The summed E-state index contributed by atoms with van der Waals surface area (Å²) in [5.41, 5.74) is 1.51. The molecule has 0 N–H and O–H groups in total. The van der Waals surface area contributed by atoms with Crippen LogP contribution in [0, 0.1) is 0 Å². The summed E-state index contributed by atoms with van der Waals surface area (Å²) in [5.74, 6) is 0.560. The van der Waals surface area contributed by atoms with E-state index < -0.39 is 9.84 Å². The third kappa shape index (κ3) is 4.50. The minimum absolute atomic E-state index is 0.0512. The van der Waals surface area contributed by atoms with Gasteiger partial charge in [-0.3, -0.25) is 4.79 Å². The standard InChI is InChI=1S/C21H21ClN2O4S2/c1-2-28-16-9-7-15(8-10-16)24-18-12-30(26,27)13-19(18)29-21(24)23-20(25)11-14-5-3-4-6-17(14)22/h3-10,18-19H,2,11-13H2,1H3. The van der Waals surface area contributed by atoms with Crippen LogP contribution in [0.15, 0.2) is 53.5 Å². The second kappa shape index (κ2) is 8.61. The van der Waals surface area contributed by atoms with Crippen LogP contribution in [0.3, 0.4) is 0 Å². The Morgan fingerprint density at radius 2 is 1.93 bits per heavy atom. The zero-order valence-electron chi connectivity index (χ0n) is 16.3. The summed E-state index contributed by atoms with van der Waals surface area (Å²) in [7, 11) is -3.11. The molecule has 1 amide bonds. The molecular formula is C21H21ClN2O4S2. The van der Waals surface area contributed by atoms with Gasteiger partial charge in [-0.2, -0.15) is 4.99 Å². The zero-order chi connectivity index (χ0) is 21.3. The summed E-state index contributed by atoms with van der Waals surface area (Å²) in [4.78, 5) is 18.9. The topological polar surface area (TPSA) is 76.0 Å². The number of nitrogens with zero attached hydrogens (tertiary/aromatic N) is 2. The average molecular weight is 465 g/mol. The van der Waals surface area contributed by atoms with Gasteiger partial charge in [-0.25, -0.2) is 8.42 Å². The van der Waals surface area contributed by atoms with Crippen LogP contribution in [-0.4, -0.2) is 48.9 Å². The van der Waals surface area contributed by atoms with Crippen LogP contribution < -0.4 is 9.64 Å². The summed E-state index contributed by atoms with van der Waals surface area (Å²) in [6.07, 6.45) is 0.0917. The lowest BCUT2D eigenvalue weighted by atomic mass is 10.1. The van der Waals surface area contributed by atoms with Gasteiger partial charge in [-0.05, 0) is 42.8 Å². The number of amidine groups is 1. The Labute approximate surface area is 185 Å². The number of sulfone groups is 1. The lowest BCUT2D eigenvalue weighted by molar-refractivity contribution is -0.117. The van der Waals surface area contributed by atoms with Crippen LogP contribution in [0.25, 0.3) is 0 Å². The van der Waals surface area contributed by atoms with Gasteiger partial charge >= 0.3 is 0 Å². The maximum Gasteiger partial charge on any atom is 0.252 e. The van der Waals surface area contributed by atoms with Gasteiger partial charge in [0.15, 0.2) is 15.0 Å². The van der Waals surface area contributed by atoms with Crippen LogP contribution in [0.1, 0.15) is 12.5 Å². The average Bonchev–Trinajstić information content (AvgIpc) is 3.15. The molecule has 4 rings (SSSR count). The molecule has 0 aliphatic carbocycles. The second-order valence-corrected chi connectivity index (χ2v) is 10.9. The molecule has 2 aromatic carbocycles. The maximum absolute atomic E-state index is 12.7. The molecule has 2 atom stereocenters. The number of anilines is 1. The van der Waals surface area contributed by atoms with E-state index in [1.807, 2.05) is 48.2 Å². The van der Waals surface area contributed by atoms with Gasteiger partial charge in [0.25, 0.3) is 5.91 Å². The van der Waals surface area contributed by atoms with Gasteiger partial charge in [0, 0.05) is 16.0 Å². The fraction of sp³-hybridized carbons (Fsp3) is 0.333. The van der Waals surface area contributed by atoms with Crippen LogP contribution >= 0.6 is 23.4 Å². The molecular weight excluding hydrogens is 444 g/mol. The molecule has 0 radical (unpaired) electrons. The number of fused-ring (bicyclic) bond motifs is 1.